The number of sulfone groups is 1. The third-order valence-corrected chi connectivity index (χ3v) is 6.19. The van der Waals surface area contributed by atoms with Gasteiger partial charge >= 0.3 is 0 Å². The standard InChI is InChI=1S/C13H15NO3S2/c1-17-10-4-6-11(7-5-10)19(15,16)13(9-14)12-3-2-8-18-12/h2-8,13H,9,14H2,1H3/p+1/t13-/m0/s1. The normalized spacial score (nSPS) is 13.2. The summed E-state index contributed by atoms with van der Waals surface area (Å²) in [4.78, 5) is 1.13. The van der Waals surface area contributed by atoms with Crippen molar-refractivity contribution in [1.29, 1.82) is 0 Å². The molecule has 1 aromatic heterocycles. The molecular formula is C13H16NO3S2+. The van der Waals surface area contributed by atoms with Crippen LogP contribution in [0.15, 0.2) is 46.7 Å². The van der Waals surface area contributed by atoms with Gasteiger partial charge in [0, 0.05) is 4.88 Å². The fraction of sp³-hybridized carbons (Fsp3) is 0.231. The molecule has 0 fully saturated rings. The molecule has 0 spiro atoms. The molecule has 0 radical (unpaired) electrons. The molecule has 0 aliphatic heterocycles. The van der Waals surface area contributed by atoms with E-state index in [1.807, 2.05) is 17.5 Å². The van der Waals surface area contributed by atoms with E-state index >= 15 is 0 Å². The van der Waals surface area contributed by atoms with Crippen LogP contribution in [0.2, 0.25) is 0 Å². The van der Waals surface area contributed by atoms with Crippen molar-refractivity contribution in [2.24, 2.45) is 0 Å². The second kappa shape index (κ2) is 5.73. The lowest BCUT2D eigenvalue weighted by Gasteiger charge is -2.13. The molecule has 0 saturated carbocycles. The van der Waals surface area contributed by atoms with Gasteiger partial charge in [-0.25, -0.2) is 8.42 Å². The zero-order valence-corrected chi connectivity index (χ0v) is 12.2. The van der Waals surface area contributed by atoms with E-state index in [2.05, 4.69) is 5.73 Å². The summed E-state index contributed by atoms with van der Waals surface area (Å²) in [7, 11) is -1.86. The number of thiophene rings is 1. The summed E-state index contributed by atoms with van der Waals surface area (Å²) in [5.41, 5.74) is 3.77. The molecule has 0 unspecified atom stereocenters. The zero-order chi connectivity index (χ0) is 13.9. The number of ether oxygens (including phenoxy) is 1. The van der Waals surface area contributed by atoms with Crippen LogP contribution in [0.5, 0.6) is 5.75 Å². The Morgan fingerprint density at radius 1 is 1.26 bits per heavy atom. The van der Waals surface area contributed by atoms with Crippen LogP contribution in [0, 0.1) is 0 Å². The molecule has 1 atom stereocenters. The molecule has 6 heteroatoms. The van der Waals surface area contributed by atoms with E-state index in [0.29, 0.717) is 17.2 Å². The molecule has 2 rings (SSSR count). The summed E-state index contributed by atoms with van der Waals surface area (Å²) >= 11 is 1.44. The highest BCUT2D eigenvalue weighted by Crippen LogP contribution is 2.31. The van der Waals surface area contributed by atoms with Crippen LogP contribution in [-0.2, 0) is 9.84 Å². The van der Waals surface area contributed by atoms with Crippen molar-refractivity contribution in [3.05, 3.63) is 46.7 Å². The molecule has 19 heavy (non-hydrogen) atoms. The Morgan fingerprint density at radius 2 is 1.95 bits per heavy atom. The van der Waals surface area contributed by atoms with Gasteiger partial charge in [-0.2, -0.15) is 0 Å². The number of hydrogen-bond acceptors (Lipinski definition) is 4. The quantitative estimate of drug-likeness (QED) is 0.909. The third-order valence-electron chi connectivity index (χ3n) is 2.89. The first-order valence-corrected chi connectivity index (χ1v) is 8.22. The van der Waals surface area contributed by atoms with Crippen molar-refractivity contribution >= 4 is 21.2 Å². The fourth-order valence-electron chi connectivity index (χ4n) is 1.85. The van der Waals surface area contributed by atoms with Gasteiger partial charge in [-0.05, 0) is 35.7 Å². The van der Waals surface area contributed by atoms with E-state index in [9.17, 15) is 8.42 Å². The van der Waals surface area contributed by atoms with Crippen LogP contribution in [0.4, 0.5) is 0 Å². The number of rotatable bonds is 5. The van der Waals surface area contributed by atoms with Crippen molar-refractivity contribution < 1.29 is 18.9 Å². The predicted molar refractivity (Wildman–Crippen MR) is 75.0 cm³/mol. The minimum absolute atomic E-state index is 0.301. The highest BCUT2D eigenvalue weighted by atomic mass is 32.2. The third kappa shape index (κ3) is 2.80. The molecule has 0 saturated heterocycles. The lowest BCUT2D eigenvalue weighted by atomic mass is 10.3. The maximum absolute atomic E-state index is 12.6. The lowest BCUT2D eigenvalue weighted by Crippen LogP contribution is -2.54. The largest absolute Gasteiger partial charge is 0.497 e. The van der Waals surface area contributed by atoms with Gasteiger partial charge in [0.2, 0.25) is 0 Å². The molecule has 4 nitrogen and oxygen atoms in total. The number of hydrogen-bond donors (Lipinski definition) is 1. The molecule has 0 amide bonds. The Labute approximate surface area is 116 Å². The first-order chi connectivity index (χ1) is 9.09. The van der Waals surface area contributed by atoms with Gasteiger partial charge in [-0.1, -0.05) is 6.07 Å². The van der Waals surface area contributed by atoms with Crippen LogP contribution < -0.4 is 10.5 Å². The lowest BCUT2D eigenvalue weighted by molar-refractivity contribution is -0.367. The first-order valence-electron chi connectivity index (χ1n) is 5.80. The Bertz CT molecular complexity index is 618. The fourth-order valence-corrected chi connectivity index (χ4v) is 4.68. The summed E-state index contributed by atoms with van der Waals surface area (Å²) in [6.07, 6.45) is 0. The topological polar surface area (TPSA) is 71.0 Å². The molecule has 1 heterocycles. The van der Waals surface area contributed by atoms with E-state index in [1.54, 1.807) is 31.4 Å². The minimum atomic E-state index is -3.41. The molecule has 0 aliphatic rings. The Morgan fingerprint density at radius 3 is 2.42 bits per heavy atom. The van der Waals surface area contributed by atoms with Gasteiger partial charge in [0.25, 0.3) is 0 Å². The van der Waals surface area contributed by atoms with E-state index in [0.717, 1.165) is 4.88 Å². The smallest absolute Gasteiger partial charge is 0.191 e. The van der Waals surface area contributed by atoms with E-state index in [-0.39, 0.29) is 0 Å². The van der Waals surface area contributed by atoms with Gasteiger partial charge < -0.3 is 10.5 Å². The average Bonchev–Trinajstić information content (AvgIpc) is 2.93. The van der Waals surface area contributed by atoms with Crippen molar-refractivity contribution in [2.45, 2.75) is 10.1 Å². The average molecular weight is 298 g/mol. The van der Waals surface area contributed by atoms with Crippen LogP contribution in [-0.4, -0.2) is 22.1 Å². The summed E-state index contributed by atoms with van der Waals surface area (Å²) in [6.45, 7) is 0.314. The first kappa shape index (κ1) is 14.0. The second-order valence-corrected chi connectivity index (χ2v) is 7.12. The Kier molecular flexibility index (Phi) is 4.24. The van der Waals surface area contributed by atoms with Gasteiger partial charge in [0.1, 0.15) is 11.0 Å². The van der Waals surface area contributed by atoms with Crippen LogP contribution >= 0.6 is 11.3 Å². The van der Waals surface area contributed by atoms with Gasteiger partial charge in [-0.3, -0.25) is 0 Å². The molecule has 102 valence electrons. The highest BCUT2D eigenvalue weighted by Gasteiger charge is 2.30. The maximum atomic E-state index is 12.6. The van der Waals surface area contributed by atoms with Crippen LogP contribution in [0.25, 0.3) is 0 Å². The second-order valence-electron chi connectivity index (χ2n) is 4.01. The zero-order valence-electron chi connectivity index (χ0n) is 10.6. The number of benzene rings is 1. The van der Waals surface area contributed by atoms with E-state index in [1.165, 1.54) is 11.3 Å². The summed E-state index contributed by atoms with van der Waals surface area (Å²) < 4.78 is 30.2. The SMILES string of the molecule is COc1ccc(S(=O)(=O)[C@@H](C[NH3+])c2cccs2)cc1. The van der Waals surface area contributed by atoms with Gasteiger partial charge in [-0.15, -0.1) is 11.3 Å². The van der Waals surface area contributed by atoms with E-state index < -0.39 is 15.1 Å². The summed E-state index contributed by atoms with van der Waals surface area (Å²) in [5, 5.41) is 1.29. The van der Waals surface area contributed by atoms with E-state index in [4.69, 9.17) is 4.74 Å². The number of methoxy groups -OCH3 is 1. The van der Waals surface area contributed by atoms with Gasteiger partial charge in [0.05, 0.1) is 18.6 Å². The summed E-state index contributed by atoms with van der Waals surface area (Å²) in [6, 6.07) is 10.1. The van der Waals surface area contributed by atoms with Crippen molar-refractivity contribution in [1.82, 2.24) is 0 Å². The maximum Gasteiger partial charge on any atom is 0.191 e. The molecule has 1 aromatic carbocycles. The van der Waals surface area contributed by atoms with Crippen molar-refractivity contribution in [3.63, 3.8) is 0 Å². The van der Waals surface area contributed by atoms with Crippen molar-refractivity contribution in [2.75, 3.05) is 13.7 Å². The highest BCUT2D eigenvalue weighted by molar-refractivity contribution is 7.91. The minimum Gasteiger partial charge on any atom is -0.497 e. The summed E-state index contributed by atoms with van der Waals surface area (Å²) in [5.74, 6) is 0.640. The molecule has 2 aromatic rings. The van der Waals surface area contributed by atoms with Crippen molar-refractivity contribution in [3.8, 4) is 5.75 Å². The monoisotopic (exact) mass is 298 g/mol. The molecule has 0 bridgehead atoms. The molecule has 3 N–H and O–H groups in total. The number of quaternary nitrogens is 1. The Balaban J connectivity index is 2.39. The van der Waals surface area contributed by atoms with Crippen LogP contribution in [0.1, 0.15) is 10.1 Å². The molecular weight excluding hydrogens is 282 g/mol. The van der Waals surface area contributed by atoms with Crippen LogP contribution in [0.3, 0.4) is 0 Å². The molecule has 0 aliphatic carbocycles. The predicted octanol–water partition coefficient (Wildman–Crippen LogP) is 1.51. The van der Waals surface area contributed by atoms with Gasteiger partial charge in [0.15, 0.2) is 9.84 Å². The Hall–Kier alpha value is -1.37.